The van der Waals surface area contributed by atoms with E-state index < -0.39 is 5.41 Å². The molecule has 0 unspecified atom stereocenters. The van der Waals surface area contributed by atoms with Gasteiger partial charge in [0.1, 0.15) is 0 Å². The molecule has 1 aromatic carbocycles. The van der Waals surface area contributed by atoms with Crippen molar-refractivity contribution in [3.05, 3.63) is 72.2 Å². The Balaban J connectivity index is 1.53. The van der Waals surface area contributed by atoms with Gasteiger partial charge in [-0.2, -0.15) is 5.10 Å². The van der Waals surface area contributed by atoms with E-state index in [-0.39, 0.29) is 5.91 Å². The third-order valence-corrected chi connectivity index (χ3v) is 4.47. The molecule has 0 bridgehead atoms. The molecule has 0 aliphatic heterocycles. The summed E-state index contributed by atoms with van der Waals surface area (Å²) < 4.78 is 1.72. The lowest BCUT2D eigenvalue weighted by atomic mass is 9.95. The first-order valence-electron chi connectivity index (χ1n) is 8.02. The Labute approximate surface area is 140 Å². The van der Waals surface area contributed by atoms with E-state index in [1.165, 1.54) is 0 Å². The van der Waals surface area contributed by atoms with Crippen LogP contribution in [0.1, 0.15) is 24.0 Å². The molecule has 5 heteroatoms. The van der Waals surface area contributed by atoms with Crippen LogP contribution in [0, 0.1) is 6.92 Å². The molecule has 0 saturated heterocycles. The van der Waals surface area contributed by atoms with E-state index in [0.717, 1.165) is 29.7 Å². The van der Waals surface area contributed by atoms with Crippen LogP contribution in [0.4, 0.5) is 5.82 Å². The van der Waals surface area contributed by atoms with E-state index in [2.05, 4.69) is 15.4 Å². The normalized spacial score (nSPS) is 15.0. The van der Waals surface area contributed by atoms with Crippen LogP contribution in [0.3, 0.4) is 0 Å². The van der Waals surface area contributed by atoms with Gasteiger partial charge in [-0.1, -0.05) is 30.3 Å². The molecule has 2 aromatic heterocycles. The molecule has 0 atom stereocenters. The Kier molecular flexibility index (Phi) is 3.41. The molecular weight excluding hydrogens is 300 g/mol. The molecule has 1 saturated carbocycles. The fraction of sp³-hybridized carbons (Fsp3) is 0.211. The Morgan fingerprint density at radius 3 is 2.67 bits per heavy atom. The van der Waals surface area contributed by atoms with E-state index in [4.69, 9.17) is 0 Å². The molecule has 1 fully saturated rings. The number of anilines is 1. The lowest BCUT2D eigenvalue weighted by Gasteiger charge is -2.14. The third kappa shape index (κ3) is 2.58. The second-order valence-corrected chi connectivity index (χ2v) is 6.27. The zero-order valence-electron chi connectivity index (χ0n) is 13.4. The van der Waals surface area contributed by atoms with Gasteiger partial charge >= 0.3 is 0 Å². The van der Waals surface area contributed by atoms with Crippen molar-refractivity contribution in [1.82, 2.24) is 14.8 Å². The summed E-state index contributed by atoms with van der Waals surface area (Å²) in [5.74, 6) is 0.574. The number of nitrogens with zero attached hydrogens (tertiary/aromatic N) is 3. The van der Waals surface area contributed by atoms with Gasteiger partial charge in [0.15, 0.2) is 5.82 Å². The molecule has 2 heterocycles. The average molecular weight is 318 g/mol. The van der Waals surface area contributed by atoms with Crippen molar-refractivity contribution in [1.29, 1.82) is 0 Å². The highest BCUT2D eigenvalue weighted by molar-refractivity contribution is 6.00. The minimum absolute atomic E-state index is 0.0151. The minimum Gasteiger partial charge on any atom is -0.308 e. The monoisotopic (exact) mass is 318 g/mol. The summed E-state index contributed by atoms with van der Waals surface area (Å²) in [6.07, 6.45) is 7.13. The van der Waals surface area contributed by atoms with Gasteiger partial charge in [-0.15, -0.1) is 0 Å². The summed E-state index contributed by atoms with van der Waals surface area (Å²) in [7, 11) is 0. The summed E-state index contributed by atoms with van der Waals surface area (Å²) in [5.41, 5.74) is 2.62. The van der Waals surface area contributed by atoms with Crippen LogP contribution < -0.4 is 5.32 Å². The largest absolute Gasteiger partial charge is 0.308 e. The standard InChI is InChI=1S/C19H18N4O/c1-14-11-16(13-20-12-14)23-10-7-17(22-23)21-18(24)19(8-9-19)15-5-3-2-4-6-15/h2-7,10-13H,8-9H2,1H3,(H,21,22,24). The second-order valence-electron chi connectivity index (χ2n) is 6.27. The van der Waals surface area contributed by atoms with Gasteiger partial charge in [-0.25, -0.2) is 4.68 Å². The molecular formula is C19H18N4O. The SMILES string of the molecule is Cc1cncc(-n2ccc(NC(=O)C3(c4ccccc4)CC3)n2)c1. The van der Waals surface area contributed by atoms with E-state index in [1.807, 2.05) is 49.5 Å². The van der Waals surface area contributed by atoms with Crippen LogP contribution in [0.2, 0.25) is 0 Å². The maximum absolute atomic E-state index is 12.7. The van der Waals surface area contributed by atoms with Crippen molar-refractivity contribution >= 4 is 11.7 Å². The van der Waals surface area contributed by atoms with Crippen molar-refractivity contribution in [2.45, 2.75) is 25.2 Å². The fourth-order valence-electron chi connectivity index (χ4n) is 2.96. The predicted octanol–water partition coefficient (Wildman–Crippen LogP) is 3.25. The Morgan fingerprint density at radius 2 is 1.96 bits per heavy atom. The Morgan fingerprint density at radius 1 is 1.17 bits per heavy atom. The van der Waals surface area contributed by atoms with Gasteiger partial charge in [-0.05, 0) is 37.0 Å². The smallest absolute Gasteiger partial charge is 0.236 e. The summed E-state index contributed by atoms with van der Waals surface area (Å²) in [6, 6.07) is 13.8. The maximum Gasteiger partial charge on any atom is 0.236 e. The summed E-state index contributed by atoms with van der Waals surface area (Å²) in [4.78, 5) is 16.9. The zero-order valence-corrected chi connectivity index (χ0v) is 13.4. The topological polar surface area (TPSA) is 59.8 Å². The van der Waals surface area contributed by atoms with Crippen LogP contribution in [0.15, 0.2) is 61.1 Å². The average Bonchev–Trinajstić information content (AvgIpc) is 3.29. The molecule has 0 spiro atoms. The molecule has 24 heavy (non-hydrogen) atoms. The number of aromatic nitrogens is 3. The van der Waals surface area contributed by atoms with Crippen LogP contribution in [-0.4, -0.2) is 20.7 Å². The molecule has 0 radical (unpaired) electrons. The van der Waals surface area contributed by atoms with Crippen molar-refractivity contribution in [3.8, 4) is 5.69 Å². The number of carbonyl (C=O) groups is 1. The molecule has 1 amide bonds. The Hall–Kier alpha value is -2.95. The van der Waals surface area contributed by atoms with Gasteiger partial charge in [-0.3, -0.25) is 9.78 Å². The highest BCUT2D eigenvalue weighted by atomic mass is 16.2. The summed E-state index contributed by atoms with van der Waals surface area (Å²) >= 11 is 0. The van der Waals surface area contributed by atoms with Gasteiger partial charge in [0.25, 0.3) is 0 Å². The first-order chi connectivity index (χ1) is 11.7. The van der Waals surface area contributed by atoms with Gasteiger partial charge < -0.3 is 5.32 Å². The number of nitrogens with one attached hydrogen (secondary N) is 1. The highest BCUT2D eigenvalue weighted by Crippen LogP contribution is 2.48. The second kappa shape index (κ2) is 5.60. The lowest BCUT2D eigenvalue weighted by molar-refractivity contribution is -0.118. The fourth-order valence-corrected chi connectivity index (χ4v) is 2.96. The third-order valence-electron chi connectivity index (χ3n) is 4.47. The lowest BCUT2D eigenvalue weighted by Crippen LogP contribution is -2.28. The number of benzene rings is 1. The van der Waals surface area contributed by atoms with Crippen molar-refractivity contribution in [2.24, 2.45) is 0 Å². The van der Waals surface area contributed by atoms with Crippen LogP contribution in [-0.2, 0) is 10.2 Å². The van der Waals surface area contributed by atoms with Crippen LogP contribution >= 0.6 is 0 Å². The zero-order chi connectivity index (χ0) is 16.6. The van der Waals surface area contributed by atoms with E-state index >= 15 is 0 Å². The van der Waals surface area contributed by atoms with E-state index in [0.29, 0.717) is 5.82 Å². The Bertz CT molecular complexity index is 881. The van der Waals surface area contributed by atoms with Crippen molar-refractivity contribution in [3.63, 3.8) is 0 Å². The minimum atomic E-state index is -0.393. The maximum atomic E-state index is 12.7. The number of aryl methyl sites for hydroxylation is 1. The van der Waals surface area contributed by atoms with Gasteiger partial charge in [0.05, 0.1) is 17.3 Å². The molecule has 4 rings (SSSR count). The summed E-state index contributed by atoms with van der Waals surface area (Å²) in [5, 5.41) is 7.40. The molecule has 1 aliphatic carbocycles. The highest BCUT2D eigenvalue weighted by Gasteiger charge is 2.51. The van der Waals surface area contributed by atoms with Crippen molar-refractivity contribution in [2.75, 3.05) is 5.32 Å². The number of amides is 1. The number of rotatable bonds is 4. The number of pyridine rings is 1. The molecule has 1 N–H and O–H groups in total. The van der Waals surface area contributed by atoms with Crippen molar-refractivity contribution < 1.29 is 4.79 Å². The summed E-state index contributed by atoms with van der Waals surface area (Å²) in [6.45, 7) is 1.99. The van der Waals surface area contributed by atoms with E-state index in [1.54, 1.807) is 23.1 Å². The van der Waals surface area contributed by atoms with Gasteiger partial charge in [0, 0.05) is 18.5 Å². The van der Waals surface area contributed by atoms with Crippen LogP contribution in [0.5, 0.6) is 0 Å². The van der Waals surface area contributed by atoms with Crippen LogP contribution in [0.25, 0.3) is 5.69 Å². The molecule has 5 nitrogen and oxygen atoms in total. The number of carbonyl (C=O) groups excluding carboxylic acids is 1. The molecule has 1 aliphatic rings. The first-order valence-corrected chi connectivity index (χ1v) is 8.02. The predicted molar refractivity (Wildman–Crippen MR) is 92.1 cm³/mol. The van der Waals surface area contributed by atoms with Gasteiger partial charge in [0.2, 0.25) is 5.91 Å². The first kappa shape index (κ1) is 14.6. The quantitative estimate of drug-likeness (QED) is 0.803. The molecule has 3 aromatic rings. The number of hydrogen-bond acceptors (Lipinski definition) is 3. The van der Waals surface area contributed by atoms with E-state index in [9.17, 15) is 4.79 Å². The molecule has 120 valence electrons. The number of hydrogen-bond donors (Lipinski definition) is 1.